The summed E-state index contributed by atoms with van der Waals surface area (Å²) in [5.74, 6) is -0.696. The highest BCUT2D eigenvalue weighted by atomic mass is 19.3. The zero-order valence-corrected chi connectivity index (χ0v) is 17.0. The van der Waals surface area contributed by atoms with Gasteiger partial charge in [0.05, 0.1) is 22.2 Å². The van der Waals surface area contributed by atoms with E-state index < -0.39 is 35.8 Å². The summed E-state index contributed by atoms with van der Waals surface area (Å²) in [5.41, 5.74) is -0.852. The van der Waals surface area contributed by atoms with Crippen molar-refractivity contribution >= 4 is 17.6 Å². The van der Waals surface area contributed by atoms with Crippen molar-refractivity contribution in [1.82, 2.24) is 14.9 Å². The van der Waals surface area contributed by atoms with E-state index in [1.807, 2.05) is 0 Å². The standard InChI is InChI=1S/C22H21F5N4/c1-11-13(3)31(22(7-8-22)21(26)27)9-16-18(11)28-10-29-20(16)30-12(2)14-5-4-6-15(17(14)23)19(24)25/h4-6,9-10,12,19,21H,3,7-8H2,1-2H3,(H,28,29,30)/t12-/m1/s1. The number of alkyl halides is 4. The van der Waals surface area contributed by atoms with Gasteiger partial charge in [-0.2, -0.15) is 0 Å². The quantitative estimate of drug-likeness (QED) is 0.687. The first-order chi connectivity index (χ1) is 14.7. The van der Waals surface area contributed by atoms with Gasteiger partial charge in [-0.3, -0.25) is 0 Å². The SMILES string of the molecule is C=C1C(C)=c2ncnc(N[C@H](C)c3cccc(C(F)F)c3F)c2=CN1C1(C(F)F)CC1. The van der Waals surface area contributed by atoms with Gasteiger partial charge in [-0.1, -0.05) is 24.8 Å². The predicted molar refractivity (Wildman–Crippen MR) is 107 cm³/mol. The minimum atomic E-state index is -2.94. The third-order valence-corrected chi connectivity index (χ3v) is 5.98. The molecule has 1 aromatic carbocycles. The molecule has 1 aliphatic heterocycles. The fourth-order valence-electron chi connectivity index (χ4n) is 3.90. The topological polar surface area (TPSA) is 41.1 Å². The van der Waals surface area contributed by atoms with Gasteiger partial charge in [0.25, 0.3) is 12.9 Å². The summed E-state index contributed by atoms with van der Waals surface area (Å²) in [6, 6.07) is 3.10. The van der Waals surface area contributed by atoms with Crippen molar-refractivity contribution in [1.29, 1.82) is 0 Å². The number of anilines is 1. The van der Waals surface area contributed by atoms with E-state index in [-0.39, 0.29) is 5.56 Å². The number of halogens is 5. The van der Waals surface area contributed by atoms with E-state index in [0.717, 1.165) is 6.07 Å². The minimum absolute atomic E-state index is 0.0502. The molecule has 0 spiro atoms. The lowest BCUT2D eigenvalue weighted by atomic mass is 10.0. The first-order valence-corrected chi connectivity index (χ1v) is 9.81. The number of nitrogens with one attached hydrogen (secondary N) is 1. The smallest absolute Gasteiger partial charge is 0.266 e. The Morgan fingerprint density at radius 3 is 2.42 bits per heavy atom. The summed E-state index contributed by atoms with van der Waals surface area (Å²) < 4.78 is 68.2. The number of hydrogen-bond acceptors (Lipinski definition) is 4. The Kier molecular flexibility index (Phi) is 5.23. The van der Waals surface area contributed by atoms with Crippen LogP contribution in [0.4, 0.5) is 27.8 Å². The molecule has 2 aliphatic rings. The van der Waals surface area contributed by atoms with Gasteiger partial charge in [0.1, 0.15) is 23.5 Å². The summed E-state index contributed by atoms with van der Waals surface area (Å²) in [4.78, 5) is 9.94. The van der Waals surface area contributed by atoms with Crippen LogP contribution in [0.1, 0.15) is 50.3 Å². The number of fused-ring (bicyclic) bond motifs is 1. The highest BCUT2D eigenvalue weighted by Gasteiger charge is 2.56. The number of aromatic nitrogens is 2. The van der Waals surface area contributed by atoms with Crippen molar-refractivity contribution in [2.75, 3.05) is 5.32 Å². The van der Waals surface area contributed by atoms with Crippen molar-refractivity contribution in [3.05, 3.63) is 64.3 Å². The molecule has 0 radical (unpaired) electrons. The Morgan fingerprint density at radius 2 is 1.81 bits per heavy atom. The minimum Gasteiger partial charge on any atom is -0.363 e. The monoisotopic (exact) mass is 436 g/mol. The number of hydrogen-bond donors (Lipinski definition) is 1. The molecule has 0 unspecified atom stereocenters. The summed E-state index contributed by atoms with van der Waals surface area (Å²) in [5, 5.41) is 4.02. The molecule has 9 heteroatoms. The van der Waals surface area contributed by atoms with E-state index in [1.165, 1.54) is 23.4 Å². The molecule has 1 aliphatic carbocycles. The van der Waals surface area contributed by atoms with Crippen LogP contribution in [0, 0.1) is 5.82 Å². The normalized spacial score (nSPS) is 18.2. The molecule has 0 bridgehead atoms. The fourth-order valence-corrected chi connectivity index (χ4v) is 3.90. The third kappa shape index (κ3) is 3.45. The van der Waals surface area contributed by atoms with E-state index >= 15 is 0 Å². The maximum absolute atomic E-state index is 14.6. The summed E-state index contributed by atoms with van der Waals surface area (Å²) >= 11 is 0. The van der Waals surface area contributed by atoms with Crippen molar-refractivity contribution in [3.8, 4) is 0 Å². The maximum atomic E-state index is 14.6. The average Bonchev–Trinajstić information content (AvgIpc) is 3.53. The molecule has 1 atom stereocenters. The Bertz CT molecular complexity index is 1160. The van der Waals surface area contributed by atoms with E-state index in [1.54, 1.807) is 20.0 Å². The Balaban J connectivity index is 1.77. The maximum Gasteiger partial charge on any atom is 0.266 e. The lowest BCUT2D eigenvalue weighted by Crippen LogP contribution is -2.47. The number of allylic oxidation sites excluding steroid dienone is 1. The van der Waals surface area contributed by atoms with Gasteiger partial charge in [0.2, 0.25) is 0 Å². The lowest BCUT2D eigenvalue weighted by molar-refractivity contribution is 0.0529. The fraction of sp³-hybridized carbons (Fsp3) is 0.364. The van der Waals surface area contributed by atoms with Crippen LogP contribution in [0.25, 0.3) is 11.8 Å². The number of nitrogens with zero attached hydrogens (tertiary/aromatic N) is 3. The molecule has 4 rings (SSSR count). The van der Waals surface area contributed by atoms with Crippen molar-refractivity contribution in [2.45, 2.75) is 51.1 Å². The average molecular weight is 436 g/mol. The molecule has 1 saturated carbocycles. The van der Waals surface area contributed by atoms with E-state index in [9.17, 15) is 22.0 Å². The van der Waals surface area contributed by atoms with Crippen molar-refractivity contribution in [3.63, 3.8) is 0 Å². The molecule has 4 nitrogen and oxygen atoms in total. The molecule has 2 heterocycles. The molecule has 1 fully saturated rings. The molecular formula is C22H21F5N4. The highest BCUT2D eigenvalue weighted by Crippen LogP contribution is 2.49. The van der Waals surface area contributed by atoms with Gasteiger partial charge in [0, 0.05) is 17.5 Å². The second kappa shape index (κ2) is 7.62. The van der Waals surface area contributed by atoms with E-state index in [4.69, 9.17) is 0 Å². The number of benzene rings is 1. The van der Waals surface area contributed by atoms with Crippen LogP contribution < -0.4 is 15.9 Å². The Morgan fingerprint density at radius 1 is 1.13 bits per heavy atom. The van der Waals surface area contributed by atoms with Crippen molar-refractivity contribution in [2.24, 2.45) is 0 Å². The van der Waals surface area contributed by atoms with Crippen LogP contribution in [0.2, 0.25) is 0 Å². The molecule has 1 aromatic heterocycles. The van der Waals surface area contributed by atoms with Gasteiger partial charge >= 0.3 is 0 Å². The van der Waals surface area contributed by atoms with Gasteiger partial charge in [-0.05, 0) is 32.3 Å². The van der Waals surface area contributed by atoms with Gasteiger partial charge in [-0.25, -0.2) is 31.9 Å². The van der Waals surface area contributed by atoms with Crippen LogP contribution in [0.3, 0.4) is 0 Å². The van der Waals surface area contributed by atoms with E-state index in [2.05, 4.69) is 21.9 Å². The summed E-state index contributed by atoms with van der Waals surface area (Å²) in [6.45, 7) is 7.32. The second-order valence-corrected chi connectivity index (χ2v) is 7.88. The highest BCUT2D eigenvalue weighted by molar-refractivity contribution is 5.67. The van der Waals surface area contributed by atoms with Crippen LogP contribution in [-0.4, -0.2) is 26.8 Å². The molecule has 0 saturated heterocycles. The second-order valence-electron chi connectivity index (χ2n) is 7.88. The number of rotatable bonds is 6. The molecule has 1 N–H and O–H groups in total. The first kappa shape index (κ1) is 21.3. The molecular weight excluding hydrogens is 415 g/mol. The zero-order chi connectivity index (χ0) is 22.5. The van der Waals surface area contributed by atoms with Crippen LogP contribution >= 0.6 is 0 Å². The predicted octanol–water partition coefficient (Wildman–Crippen LogP) is 4.26. The Labute approximate surface area is 175 Å². The molecule has 0 amide bonds. The van der Waals surface area contributed by atoms with Crippen LogP contribution in [-0.2, 0) is 0 Å². The van der Waals surface area contributed by atoms with Crippen LogP contribution in [0.15, 0.2) is 36.8 Å². The van der Waals surface area contributed by atoms with E-state index in [0.29, 0.717) is 40.5 Å². The lowest BCUT2D eigenvalue weighted by Gasteiger charge is -2.34. The summed E-state index contributed by atoms with van der Waals surface area (Å²) in [7, 11) is 0. The molecule has 31 heavy (non-hydrogen) atoms. The zero-order valence-electron chi connectivity index (χ0n) is 17.0. The largest absolute Gasteiger partial charge is 0.363 e. The third-order valence-electron chi connectivity index (χ3n) is 5.98. The molecule has 2 aromatic rings. The van der Waals surface area contributed by atoms with Crippen LogP contribution in [0.5, 0.6) is 0 Å². The molecule has 164 valence electrons. The summed E-state index contributed by atoms with van der Waals surface area (Å²) in [6.07, 6.45) is -1.97. The van der Waals surface area contributed by atoms with Gasteiger partial charge in [0.15, 0.2) is 0 Å². The first-order valence-electron chi connectivity index (χ1n) is 9.81. The van der Waals surface area contributed by atoms with Gasteiger partial charge < -0.3 is 10.2 Å². The van der Waals surface area contributed by atoms with Gasteiger partial charge in [-0.15, -0.1) is 0 Å². The Hall–Kier alpha value is -2.97. The van der Waals surface area contributed by atoms with Crippen molar-refractivity contribution < 1.29 is 22.0 Å².